The van der Waals surface area contributed by atoms with E-state index in [4.69, 9.17) is 5.11 Å². The van der Waals surface area contributed by atoms with Crippen LogP contribution in [0.15, 0.2) is 0 Å². The number of hydrogen-bond acceptors (Lipinski definition) is 2. The van der Waals surface area contributed by atoms with Crippen LogP contribution in [0.25, 0.3) is 0 Å². The van der Waals surface area contributed by atoms with Gasteiger partial charge in [0, 0.05) is 6.04 Å². The molecule has 0 amide bonds. The van der Waals surface area contributed by atoms with Crippen LogP contribution in [-0.4, -0.2) is 36.1 Å². The maximum atomic E-state index is 10.6. The lowest BCUT2D eigenvalue weighted by Gasteiger charge is -2.25. The van der Waals surface area contributed by atoms with Crippen molar-refractivity contribution in [3.05, 3.63) is 0 Å². The second-order valence-electron chi connectivity index (χ2n) is 3.88. The molecule has 0 aliphatic heterocycles. The lowest BCUT2D eigenvalue weighted by Crippen LogP contribution is -2.31. The Balaban J connectivity index is 4.01. The summed E-state index contributed by atoms with van der Waals surface area (Å²) < 4.78 is 0. The fraction of sp³-hybridized carbons (Fsp3) is 0.900. The minimum Gasteiger partial charge on any atom is -0.481 e. The van der Waals surface area contributed by atoms with Crippen LogP contribution in [0.4, 0.5) is 0 Å². The smallest absolute Gasteiger partial charge is 0.306 e. The summed E-state index contributed by atoms with van der Waals surface area (Å²) in [6.07, 6.45) is 2.93. The lowest BCUT2D eigenvalue weighted by molar-refractivity contribution is -0.141. The molecule has 0 aromatic carbocycles. The minimum absolute atomic E-state index is 0.237. The molecule has 3 nitrogen and oxygen atoms in total. The molecule has 3 heteroatoms. The average Bonchev–Trinajstić information content (AvgIpc) is 2.03. The van der Waals surface area contributed by atoms with Gasteiger partial charge in [0.05, 0.1) is 5.92 Å². The molecule has 0 spiro atoms. The minimum atomic E-state index is -0.692. The molecular weight excluding hydrogens is 166 g/mol. The second-order valence-corrected chi connectivity index (χ2v) is 3.88. The van der Waals surface area contributed by atoms with Gasteiger partial charge in [-0.05, 0) is 26.9 Å². The van der Waals surface area contributed by atoms with Crippen molar-refractivity contribution in [2.24, 2.45) is 5.92 Å². The zero-order valence-electron chi connectivity index (χ0n) is 9.08. The Bertz CT molecular complexity index is 157. The van der Waals surface area contributed by atoms with Crippen LogP contribution in [0, 0.1) is 5.92 Å². The van der Waals surface area contributed by atoms with Crippen molar-refractivity contribution in [1.29, 1.82) is 0 Å². The number of carboxylic acid groups (broad SMARTS) is 1. The van der Waals surface area contributed by atoms with Crippen LogP contribution in [-0.2, 0) is 4.79 Å². The molecule has 13 heavy (non-hydrogen) atoms. The van der Waals surface area contributed by atoms with E-state index in [1.165, 1.54) is 0 Å². The Morgan fingerprint density at radius 1 is 1.46 bits per heavy atom. The Morgan fingerprint density at radius 2 is 2.00 bits per heavy atom. The molecule has 78 valence electrons. The molecule has 0 aromatic heterocycles. The van der Waals surface area contributed by atoms with Crippen LogP contribution in [0.2, 0.25) is 0 Å². The SMILES string of the molecule is CCCC(CC(C)C(=O)O)N(C)C. The highest BCUT2D eigenvalue weighted by Crippen LogP contribution is 2.14. The molecule has 0 fully saturated rings. The lowest BCUT2D eigenvalue weighted by atomic mass is 9.98. The van der Waals surface area contributed by atoms with Crippen molar-refractivity contribution in [2.45, 2.75) is 39.2 Å². The van der Waals surface area contributed by atoms with Crippen molar-refractivity contribution < 1.29 is 9.90 Å². The third-order valence-electron chi connectivity index (χ3n) is 2.40. The van der Waals surface area contributed by atoms with Gasteiger partial charge in [0.1, 0.15) is 0 Å². The maximum absolute atomic E-state index is 10.6. The maximum Gasteiger partial charge on any atom is 0.306 e. The van der Waals surface area contributed by atoms with Crippen LogP contribution in [0.1, 0.15) is 33.1 Å². The number of carboxylic acids is 1. The van der Waals surface area contributed by atoms with Gasteiger partial charge >= 0.3 is 5.97 Å². The molecular formula is C10H21NO2. The first-order valence-corrected chi connectivity index (χ1v) is 4.88. The van der Waals surface area contributed by atoms with Gasteiger partial charge in [0.25, 0.3) is 0 Å². The zero-order chi connectivity index (χ0) is 10.4. The van der Waals surface area contributed by atoms with Gasteiger partial charge in [-0.2, -0.15) is 0 Å². The third kappa shape index (κ3) is 4.88. The van der Waals surface area contributed by atoms with Gasteiger partial charge in [-0.25, -0.2) is 0 Å². The van der Waals surface area contributed by atoms with Crippen molar-refractivity contribution in [3.8, 4) is 0 Å². The van der Waals surface area contributed by atoms with Crippen molar-refractivity contribution in [3.63, 3.8) is 0 Å². The van der Waals surface area contributed by atoms with Crippen LogP contribution in [0.3, 0.4) is 0 Å². The summed E-state index contributed by atoms with van der Waals surface area (Å²) in [6, 6.07) is 0.399. The Labute approximate surface area is 80.7 Å². The summed E-state index contributed by atoms with van der Waals surface area (Å²) in [5, 5.41) is 8.76. The van der Waals surface area contributed by atoms with Gasteiger partial charge in [0.2, 0.25) is 0 Å². The Morgan fingerprint density at radius 3 is 2.31 bits per heavy atom. The van der Waals surface area contributed by atoms with Crippen LogP contribution >= 0.6 is 0 Å². The average molecular weight is 187 g/mol. The molecule has 0 rings (SSSR count). The molecule has 0 radical (unpaired) electrons. The molecule has 2 atom stereocenters. The highest BCUT2D eigenvalue weighted by molar-refractivity contribution is 5.69. The Kier molecular flexibility index (Phi) is 5.71. The largest absolute Gasteiger partial charge is 0.481 e. The van der Waals surface area contributed by atoms with E-state index in [2.05, 4.69) is 11.8 Å². The summed E-state index contributed by atoms with van der Waals surface area (Å²) in [7, 11) is 4.02. The zero-order valence-corrected chi connectivity index (χ0v) is 9.08. The van der Waals surface area contributed by atoms with E-state index < -0.39 is 5.97 Å². The molecule has 0 saturated heterocycles. The molecule has 0 aliphatic rings. The summed E-state index contributed by atoms with van der Waals surface area (Å²) in [5.74, 6) is -0.929. The summed E-state index contributed by atoms with van der Waals surface area (Å²) in [6.45, 7) is 3.90. The first-order chi connectivity index (χ1) is 5.99. The van der Waals surface area contributed by atoms with Gasteiger partial charge in [-0.15, -0.1) is 0 Å². The van der Waals surface area contributed by atoms with E-state index in [0.717, 1.165) is 19.3 Å². The fourth-order valence-electron chi connectivity index (χ4n) is 1.43. The van der Waals surface area contributed by atoms with Crippen molar-refractivity contribution in [2.75, 3.05) is 14.1 Å². The number of carbonyl (C=O) groups is 1. The van der Waals surface area contributed by atoms with E-state index in [1.807, 2.05) is 14.1 Å². The number of rotatable bonds is 6. The summed E-state index contributed by atoms with van der Waals surface area (Å²) in [5.41, 5.74) is 0. The fourth-order valence-corrected chi connectivity index (χ4v) is 1.43. The van der Waals surface area contributed by atoms with Crippen molar-refractivity contribution >= 4 is 5.97 Å². The third-order valence-corrected chi connectivity index (χ3v) is 2.40. The first kappa shape index (κ1) is 12.4. The topological polar surface area (TPSA) is 40.5 Å². The molecule has 0 aliphatic carbocycles. The van der Waals surface area contributed by atoms with Gasteiger partial charge in [0.15, 0.2) is 0 Å². The Hall–Kier alpha value is -0.570. The quantitative estimate of drug-likeness (QED) is 0.689. The van der Waals surface area contributed by atoms with Crippen LogP contribution in [0.5, 0.6) is 0 Å². The van der Waals surface area contributed by atoms with Crippen LogP contribution < -0.4 is 0 Å². The van der Waals surface area contributed by atoms with Gasteiger partial charge in [-0.1, -0.05) is 20.3 Å². The summed E-state index contributed by atoms with van der Waals surface area (Å²) in [4.78, 5) is 12.8. The molecule has 0 aromatic rings. The number of aliphatic carboxylic acids is 1. The van der Waals surface area contributed by atoms with E-state index in [9.17, 15) is 4.79 Å². The second kappa shape index (κ2) is 5.97. The predicted octanol–water partition coefficient (Wildman–Crippen LogP) is 1.83. The highest BCUT2D eigenvalue weighted by Gasteiger charge is 2.18. The monoisotopic (exact) mass is 187 g/mol. The van der Waals surface area contributed by atoms with Crippen molar-refractivity contribution in [1.82, 2.24) is 4.90 Å². The number of hydrogen-bond donors (Lipinski definition) is 1. The van der Waals surface area contributed by atoms with E-state index >= 15 is 0 Å². The van der Waals surface area contributed by atoms with E-state index in [0.29, 0.717) is 6.04 Å². The van der Waals surface area contributed by atoms with Gasteiger partial charge in [-0.3, -0.25) is 4.79 Å². The molecule has 1 N–H and O–H groups in total. The summed E-state index contributed by atoms with van der Waals surface area (Å²) >= 11 is 0. The molecule has 0 saturated carbocycles. The normalized spacial score (nSPS) is 15.8. The van der Waals surface area contributed by atoms with E-state index in [-0.39, 0.29) is 5.92 Å². The number of nitrogens with zero attached hydrogens (tertiary/aromatic N) is 1. The van der Waals surface area contributed by atoms with Gasteiger partial charge < -0.3 is 10.0 Å². The standard InChI is InChI=1S/C10H21NO2/c1-5-6-9(11(3)4)7-8(2)10(12)13/h8-9H,5-7H2,1-4H3,(H,12,13). The molecule has 0 heterocycles. The first-order valence-electron chi connectivity index (χ1n) is 4.88. The highest BCUT2D eigenvalue weighted by atomic mass is 16.4. The molecule has 0 bridgehead atoms. The molecule has 2 unspecified atom stereocenters. The predicted molar refractivity (Wildman–Crippen MR) is 53.8 cm³/mol. The van der Waals surface area contributed by atoms with E-state index in [1.54, 1.807) is 6.92 Å².